The maximum absolute atomic E-state index is 11.9. The van der Waals surface area contributed by atoms with Crippen molar-refractivity contribution in [2.75, 3.05) is 26.4 Å². The van der Waals surface area contributed by atoms with Gasteiger partial charge < -0.3 is 15.2 Å². The van der Waals surface area contributed by atoms with Crippen LogP contribution >= 0.6 is 0 Å². The second kappa shape index (κ2) is 9.80. The monoisotopic (exact) mass is 298 g/mol. The van der Waals surface area contributed by atoms with Crippen molar-refractivity contribution >= 4 is 5.91 Å². The molecule has 0 spiro atoms. The van der Waals surface area contributed by atoms with Crippen LogP contribution in [0.2, 0.25) is 0 Å². The highest BCUT2D eigenvalue weighted by atomic mass is 19.3. The van der Waals surface area contributed by atoms with E-state index in [1.807, 2.05) is 0 Å². The van der Waals surface area contributed by atoms with Crippen LogP contribution in [0.3, 0.4) is 0 Å². The maximum atomic E-state index is 11.9. The number of aromatic nitrogens is 1. The summed E-state index contributed by atoms with van der Waals surface area (Å²) in [7, 11) is 0. The molecule has 0 radical (unpaired) electrons. The number of hydrogen-bond acceptors (Lipinski definition) is 4. The number of pyridine rings is 1. The first-order valence-electron chi connectivity index (χ1n) is 6.34. The fraction of sp³-hybridized carbons (Fsp3) is 0.429. The fourth-order valence-corrected chi connectivity index (χ4v) is 1.39. The highest BCUT2D eigenvalue weighted by Gasteiger charge is 2.10. The van der Waals surface area contributed by atoms with Crippen LogP contribution in [0.5, 0.6) is 0 Å². The van der Waals surface area contributed by atoms with Gasteiger partial charge >= 0.3 is 0 Å². The van der Waals surface area contributed by atoms with Gasteiger partial charge in [-0.05, 0) is 12.1 Å². The highest BCUT2D eigenvalue weighted by Crippen LogP contribution is 2.03. The molecule has 1 aromatic rings. The van der Waals surface area contributed by atoms with Gasteiger partial charge in [-0.3, -0.25) is 4.79 Å². The lowest BCUT2D eigenvalue weighted by Gasteiger charge is -2.06. The zero-order valence-corrected chi connectivity index (χ0v) is 11.3. The lowest BCUT2D eigenvalue weighted by atomic mass is 10.2. The normalized spacial score (nSPS) is 10.1. The number of carbonyl (C=O) groups excluding carboxylic acids is 1. The minimum absolute atomic E-state index is 0.00552. The van der Waals surface area contributed by atoms with Gasteiger partial charge in [0.25, 0.3) is 12.3 Å². The summed E-state index contributed by atoms with van der Waals surface area (Å²) in [5, 5.41) is 11.2. The van der Waals surface area contributed by atoms with Crippen LogP contribution in [0, 0.1) is 11.8 Å². The Morgan fingerprint density at radius 3 is 3.05 bits per heavy atom. The average molecular weight is 298 g/mol. The summed E-state index contributed by atoms with van der Waals surface area (Å²) in [6.07, 6.45) is -0.762. The van der Waals surface area contributed by atoms with E-state index in [-0.39, 0.29) is 25.5 Å². The number of halogens is 2. The summed E-state index contributed by atoms with van der Waals surface area (Å²) in [6.45, 7) is -0.617. The molecule has 1 heterocycles. The molecule has 7 heteroatoms. The number of hydrogen-bond donors (Lipinski definition) is 2. The molecule has 0 saturated carbocycles. The van der Waals surface area contributed by atoms with Crippen molar-refractivity contribution in [3.63, 3.8) is 0 Å². The molecule has 0 saturated heterocycles. The number of amides is 1. The summed E-state index contributed by atoms with van der Waals surface area (Å²) in [5.41, 5.74) is 0.591. The number of aliphatic hydroxyl groups is 1. The van der Waals surface area contributed by atoms with E-state index in [2.05, 4.69) is 26.9 Å². The first-order chi connectivity index (χ1) is 10.1. The third kappa shape index (κ3) is 6.79. The molecule has 1 aromatic heterocycles. The van der Waals surface area contributed by atoms with Crippen molar-refractivity contribution in [2.24, 2.45) is 0 Å². The Kier molecular flexibility index (Phi) is 7.94. The quantitative estimate of drug-likeness (QED) is 0.578. The largest absolute Gasteiger partial charge is 0.395 e. The molecule has 0 aliphatic carbocycles. The molecule has 0 aliphatic heterocycles. The lowest BCUT2D eigenvalue weighted by molar-refractivity contribution is 0.0188. The predicted octanol–water partition coefficient (Wildman–Crippen LogP) is 0.827. The minimum Gasteiger partial charge on any atom is -0.395 e. The topological polar surface area (TPSA) is 71.5 Å². The van der Waals surface area contributed by atoms with E-state index in [4.69, 9.17) is 5.11 Å². The summed E-state index contributed by atoms with van der Waals surface area (Å²) in [5.74, 6) is 5.00. The molecular formula is C14H16F2N2O3. The molecule has 0 fully saturated rings. The third-order valence-corrected chi connectivity index (χ3v) is 2.26. The molecule has 0 aliphatic rings. The van der Waals surface area contributed by atoms with Crippen molar-refractivity contribution in [1.29, 1.82) is 0 Å². The van der Waals surface area contributed by atoms with E-state index < -0.39 is 18.9 Å². The van der Waals surface area contributed by atoms with Crippen molar-refractivity contribution in [1.82, 2.24) is 10.3 Å². The van der Waals surface area contributed by atoms with Gasteiger partial charge in [0, 0.05) is 19.2 Å². The second-order valence-electron chi connectivity index (χ2n) is 3.90. The standard InChI is InChI=1S/C14H16F2N2O3/c15-12(16)10-21-9-7-18-14(20)13-11(4-1-2-8-19)5-3-6-17-13/h3,5-6,12,19H,2,7-10H2,(H,18,20). The zero-order valence-electron chi connectivity index (χ0n) is 11.3. The SMILES string of the molecule is O=C(NCCOCC(F)F)c1ncccc1C#CCCO. The summed E-state index contributed by atoms with van der Waals surface area (Å²) in [4.78, 5) is 15.8. The van der Waals surface area contributed by atoms with Gasteiger partial charge in [-0.15, -0.1) is 0 Å². The van der Waals surface area contributed by atoms with E-state index in [1.165, 1.54) is 6.20 Å². The maximum Gasteiger partial charge on any atom is 0.271 e. The Balaban J connectivity index is 2.52. The molecular weight excluding hydrogens is 282 g/mol. The van der Waals surface area contributed by atoms with Gasteiger partial charge in [-0.25, -0.2) is 13.8 Å². The van der Waals surface area contributed by atoms with Crippen molar-refractivity contribution in [3.05, 3.63) is 29.6 Å². The number of alkyl halides is 2. The number of rotatable bonds is 7. The molecule has 0 atom stereocenters. The zero-order chi connectivity index (χ0) is 15.5. The molecule has 114 valence electrons. The Bertz CT molecular complexity index is 512. The number of nitrogens with one attached hydrogen (secondary N) is 1. The smallest absolute Gasteiger partial charge is 0.271 e. The predicted molar refractivity (Wildman–Crippen MR) is 72.0 cm³/mol. The van der Waals surface area contributed by atoms with Gasteiger partial charge in [-0.2, -0.15) is 0 Å². The Morgan fingerprint density at radius 1 is 1.52 bits per heavy atom. The summed E-state index contributed by atoms with van der Waals surface area (Å²) < 4.78 is 28.3. The fourth-order valence-electron chi connectivity index (χ4n) is 1.39. The highest BCUT2D eigenvalue weighted by molar-refractivity contribution is 5.94. The molecule has 1 rings (SSSR count). The lowest BCUT2D eigenvalue weighted by Crippen LogP contribution is -2.29. The summed E-state index contributed by atoms with van der Waals surface area (Å²) >= 11 is 0. The molecule has 0 unspecified atom stereocenters. The van der Waals surface area contributed by atoms with Gasteiger partial charge in [0.1, 0.15) is 12.3 Å². The Hall–Kier alpha value is -2.04. The number of nitrogens with zero attached hydrogens (tertiary/aromatic N) is 1. The van der Waals surface area contributed by atoms with Crippen molar-refractivity contribution in [3.8, 4) is 11.8 Å². The number of carbonyl (C=O) groups is 1. The molecule has 5 nitrogen and oxygen atoms in total. The number of aliphatic hydroxyl groups excluding tert-OH is 1. The van der Waals surface area contributed by atoms with E-state index in [1.54, 1.807) is 12.1 Å². The van der Waals surface area contributed by atoms with Crippen LogP contribution in [-0.2, 0) is 4.74 Å². The van der Waals surface area contributed by atoms with Crippen LogP contribution in [0.1, 0.15) is 22.5 Å². The average Bonchev–Trinajstić information content (AvgIpc) is 2.47. The van der Waals surface area contributed by atoms with Crippen LogP contribution in [0.4, 0.5) is 8.78 Å². The van der Waals surface area contributed by atoms with Crippen molar-refractivity contribution in [2.45, 2.75) is 12.8 Å². The van der Waals surface area contributed by atoms with Crippen LogP contribution < -0.4 is 5.32 Å². The van der Waals surface area contributed by atoms with Crippen LogP contribution in [-0.4, -0.2) is 48.8 Å². The molecule has 0 bridgehead atoms. The van der Waals surface area contributed by atoms with Crippen molar-refractivity contribution < 1.29 is 23.4 Å². The molecule has 1 amide bonds. The minimum atomic E-state index is -2.52. The third-order valence-electron chi connectivity index (χ3n) is 2.26. The first-order valence-corrected chi connectivity index (χ1v) is 6.34. The number of ether oxygens (including phenoxy) is 1. The summed E-state index contributed by atoms with van der Waals surface area (Å²) in [6, 6.07) is 3.28. The van der Waals surface area contributed by atoms with Gasteiger partial charge in [0.15, 0.2) is 0 Å². The van der Waals surface area contributed by atoms with E-state index in [0.29, 0.717) is 12.0 Å². The van der Waals surface area contributed by atoms with Crippen LogP contribution in [0.25, 0.3) is 0 Å². The first kappa shape index (κ1) is 17.0. The van der Waals surface area contributed by atoms with Gasteiger partial charge in [-0.1, -0.05) is 11.8 Å². The molecule has 0 aromatic carbocycles. The Labute approximate surface area is 121 Å². The second-order valence-corrected chi connectivity index (χ2v) is 3.90. The van der Waals surface area contributed by atoms with Crippen LogP contribution in [0.15, 0.2) is 18.3 Å². The van der Waals surface area contributed by atoms with E-state index in [0.717, 1.165) is 0 Å². The molecule has 21 heavy (non-hydrogen) atoms. The van der Waals surface area contributed by atoms with Gasteiger partial charge in [0.2, 0.25) is 0 Å². The van der Waals surface area contributed by atoms with E-state index in [9.17, 15) is 13.6 Å². The van der Waals surface area contributed by atoms with E-state index >= 15 is 0 Å². The van der Waals surface area contributed by atoms with Gasteiger partial charge in [0.05, 0.1) is 18.8 Å². The Morgan fingerprint density at radius 2 is 2.33 bits per heavy atom. The molecule has 2 N–H and O–H groups in total.